The van der Waals surface area contributed by atoms with Crippen LogP contribution in [0.15, 0.2) is 18.2 Å². The number of fused-ring (bicyclic) bond motifs is 1. The molecule has 0 radical (unpaired) electrons. The maximum Gasteiger partial charge on any atom is 0.311 e. The molecule has 1 atom stereocenters. The molecule has 9 heteroatoms. The number of carbonyl (C=O) groups is 5. The van der Waals surface area contributed by atoms with Crippen LogP contribution in [0.5, 0.6) is 0 Å². The van der Waals surface area contributed by atoms with E-state index in [0.717, 1.165) is 37.1 Å². The van der Waals surface area contributed by atoms with Gasteiger partial charge in [0, 0.05) is 18.0 Å². The predicted octanol–water partition coefficient (Wildman–Crippen LogP) is 1.28. The highest BCUT2D eigenvalue weighted by Gasteiger charge is 2.41. The number of amides is 4. The van der Waals surface area contributed by atoms with Crippen LogP contribution < -0.4 is 5.43 Å². The van der Waals surface area contributed by atoms with Crippen molar-refractivity contribution in [2.24, 2.45) is 5.92 Å². The minimum atomic E-state index is -0.757. The van der Waals surface area contributed by atoms with Gasteiger partial charge in [0.05, 0.1) is 30.7 Å². The number of carbonyl (C=O) groups excluding carboxylic acids is 5. The van der Waals surface area contributed by atoms with Crippen molar-refractivity contribution in [2.45, 2.75) is 44.6 Å². The summed E-state index contributed by atoms with van der Waals surface area (Å²) in [4.78, 5) is 63.7. The Bertz CT molecular complexity index is 937. The van der Waals surface area contributed by atoms with Gasteiger partial charge in [0.15, 0.2) is 0 Å². The fourth-order valence-corrected chi connectivity index (χ4v) is 4.43. The zero-order valence-electron chi connectivity index (χ0n) is 16.7. The molecule has 2 aliphatic heterocycles. The lowest BCUT2D eigenvalue weighted by Gasteiger charge is -2.31. The van der Waals surface area contributed by atoms with Gasteiger partial charge in [0.1, 0.15) is 0 Å². The summed E-state index contributed by atoms with van der Waals surface area (Å²) in [6, 6.07) is 4.24. The minimum Gasteiger partial charge on any atom is -0.469 e. The molecule has 158 valence electrons. The van der Waals surface area contributed by atoms with Gasteiger partial charge in [0.2, 0.25) is 5.91 Å². The van der Waals surface area contributed by atoms with Crippen molar-refractivity contribution in [1.29, 1.82) is 0 Å². The zero-order chi connectivity index (χ0) is 21.4. The number of hydrogen-bond donors (Lipinski definition) is 1. The fraction of sp³-hybridized carbons (Fsp3) is 0.476. The molecule has 9 nitrogen and oxygen atoms in total. The number of ether oxygens (including phenoxy) is 1. The first-order valence-electron chi connectivity index (χ1n) is 10.1. The highest BCUT2D eigenvalue weighted by Crippen LogP contribution is 2.31. The van der Waals surface area contributed by atoms with Gasteiger partial charge in [-0.15, -0.1) is 0 Å². The third kappa shape index (κ3) is 3.44. The third-order valence-corrected chi connectivity index (χ3v) is 5.98. The molecule has 2 heterocycles. The van der Waals surface area contributed by atoms with E-state index in [1.165, 1.54) is 30.2 Å². The van der Waals surface area contributed by atoms with Crippen molar-refractivity contribution in [2.75, 3.05) is 13.7 Å². The highest BCUT2D eigenvalue weighted by molar-refractivity contribution is 6.22. The lowest BCUT2D eigenvalue weighted by Crippen LogP contribution is -2.54. The van der Waals surface area contributed by atoms with Gasteiger partial charge in [0.25, 0.3) is 17.7 Å². The number of hydrazine groups is 1. The van der Waals surface area contributed by atoms with Crippen molar-refractivity contribution in [3.63, 3.8) is 0 Å². The topological polar surface area (TPSA) is 113 Å². The van der Waals surface area contributed by atoms with Crippen LogP contribution in [0.3, 0.4) is 0 Å². The van der Waals surface area contributed by atoms with Gasteiger partial charge in [-0.1, -0.05) is 19.3 Å². The molecule has 1 aromatic rings. The van der Waals surface area contributed by atoms with Gasteiger partial charge >= 0.3 is 5.97 Å². The molecule has 4 amide bonds. The van der Waals surface area contributed by atoms with E-state index in [1.54, 1.807) is 0 Å². The molecule has 1 saturated carbocycles. The lowest BCUT2D eigenvalue weighted by molar-refractivity contribution is -0.151. The number of methoxy groups -OCH3 is 1. The van der Waals surface area contributed by atoms with Crippen LogP contribution in [0.4, 0.5) is 0 Å². The summed E-state index contributed by atoms with van der Waals surface area (Å²) in [5.74, 6) is -3.06. The van der Waals surface area contributed by atoms with Crippen molar-refractivity contribution in [3.8, 4) is 0 Å². The van der Waals surface area contributed by atoms with E-state index in [4.69, 9.17) is 0 Å². The van der Waals surface area contributed by atoms with E-state index in [1.807, 2.05) is 0 Å². The highest BCUT2D eigenvalue weighted by atomic mass is 16.5. The van der Waals surface area contributed by atoms with Gasteiger partial charge in [-0.25, -0.2) is 5.01 Å². The molecular formula is C21H23N3O6. The SMILES string of the molecule is COC(=O)C1CC(=O)NN(C(=O)c2ccc3c(c2)C(=O)N(C2CCCCC2)C3=O)C1. The van der Waals surface area contributed by atoms with Crippen molar-refractivity contribution in [1.82, 2.24) is 15.3 Å². The molecule has 3 aliphatic rings. The standard InChI is InChI=1S/C21H23N3O6/c1-30-21(29)13-10-17(25)22-23(11-13)18(26)12-7-8-15-16(9-12)20(28)24(19(15)27)14-5-3-2-4-6-14/h7-9,13-14H,2-6,10-11H2,1H3,(H,22,25). The second-order valence-electron chi connectivity index (χ2n) is 7.91. The Labute approximate surface area is 173 Å². The number of hydrogen-bond acceptors (Lipinski definition) is 6. The lowest BCUT2D eigenvalue weighted by atomic mass is 9.94. The predicted molar refractivity (Wildman–Crippen MR) is 103 cm³/mol. The van der Waals surface area contributed by atoms with E-state index >= 15 is 0 Å². The van der Waals surface area contributed by atoms with Crippen molar-refractivity contribution in [3.05, 3.63) is 34.9 Å². The molecule has 1 N–H and O–H groups in total. The summed E-state index contributed by atoms with van der Waals surface area (Å²) >= 11 is 0. The molecule has 30 heavy (non-hydrogen) atoms. The normalized spacial score (nSPS) is 22.0. The average molecular weight is 413 g/mol. The second-order valence-corrected chi connectivity index (χ2v) is 7.91. The maximum atomic E-state index is 12.9. The summed E-state index contributed by atoms with van der Waals surface area (Å²) in [7, 11) is 1.22. The van der Waals surface area contributed by atoms with E-state index < -0.39 is 23.7 Å². The molecule has 1 saturated heterocycles. The summed E-state index contributed by atoms with van der Waals surface area (Å²) < 4.78 is 4.68. The summed E-state index contributed by atoms with van der Waals surface area (Å²) in [6.45, 7) is -0.0323. The Morgan fingerprint density at radius 2 is 1.73 bits per heavy atom. The number of benzene rings is 1. The molecule has 1 aliphatic carbocycles. The second kappa shape index (κ2) is 7.89. The number of nitrogens with zero attached hydrogens (tertiary/aromatic N) is 2. The Hall–Kier alpha value is -3.23. The molecule has 4 rings (SSSR count). The smallest absolute Gasteiger partial charge is 0.311 e. The Kier molecular flexibility index (Phi) is 5.27. The molecular weight excluding hydrogens is 390 g/mol. The van der Waals surface area contributed by atoms with Crippen LogP contribution in [-0.2, 0) is 14.3 Å². The molecule has 2 fully saturated rings. The first-order chi connectivity index (χ1) is 14.4. The Morgan fingerprint density at radius 1 is 1.03 bits per heavy atom. The van der Waals surface area contributed by atoms with Crippen LogP contribution in [0.25, 0.3) is 0 Å². The molecule has 0 aromatic heterocycles. The van der Waals surface area contributed by atoms with E-state index in [2.05, 4.69) is 10.2 Å². The van der Waals surface area contributed by atoms with Crippen LogP contribution in [0.2, 0.25) is 0 Å². The first-order valence-corrected chi connectivity index (χ1v) is 10.1. The number of rotatable bonds is 3. The summed E-state index contributed by atoms with van der Waals surface area (Å²) in [5.41, 5.74) is 3.09. The van der Waals surface area contributed by atoms with Gasteiger partial charge < -0.3 is 4.74 Å². The minimum absolute atomic E-state index is 0.0323. The number of imide groups is 1. The van der Waals surface area contributed by atoms with Gasteiger partial charge in [-0.05, 0) is 31.0 Å². The molecule has 1 unspecified atom stereocenters. The monoisotopic (exact) mass is 413 g/mol. The van der Waals surface area contributed by atoms with Crippen molar-refractivity contribution >= 4 is 29.6 Å². The van der Waals surface area contributed by atoms with Gasteiger partial charge in [-0.3, -0.25) is 34.3 Å². The van der Waals surface area contributed by atoms with Crippen LogP contribution in [0, 0.1) is 5.92 Å². The van der Waals surface area contributed by atoms with Crippen LogP contribution in [-0.4, -0.2) is 59.2 Å². The first kappa shape index (κ1) is 20.1. The third-order valence-electron chi connectivity index (χ3n) is 5.98. The number of nitrogens with one attached hydrogen (secondary N) is 1. The largest absolute Gasteiger partial charge is 0.469 e. The summed E-state index contributed by atoms with van der Waals surface area (Å²) in [5, 5.41) is 1.05. The Morgan fingerprint density at radius 3 is 2.43 bits per heavy atom. The van der Waals surface area contributed by atoms with E-state index in [0.29, 0.717) is 0 Å². The molecule has 0 spiro atoms. The maximum absolute atomic E-state index is 12.9. The quantitative estimate of drug-likeness (QED) is 0.590. The zero-order valence-corrected chi connectivity index (χ0v) is 16.7. The molecule has 0 bridgehead atoms. The summed E-state index contributed by atoms with van der Waals surface area (Å²) in [6.07, 6.45) is 4.60. The van der Waals surface area contributed by atoms with E-state index in [-0.39, 0.29) is 47.5 Å². The van der Waals surface area contributed by atoms with Crippen LogP contribution in [0.1, 0.15) is 69.6 Å². The van der Waals surface area contributed by atoms with Crippen LogP contribution >= 0.6 is 0 Å². The molecule has 1 aromatic carbocycles. The van der Waals surface area contributed by atoms with Gasteiger partial charge in [-0.2, -0.15) is 0 Å². The number of esters is 1. The van der Waals surface area contributed by atoms with Crippen molar-refractivity contribution < 1.29 is 28.7 Å². The average Bonchev–Trinajstić information content (AvgIpc) is 3.02. The Balaban J connectivity index is 1.56. The fourth-order valence-electron chi connectivity index (χ4n) is 4.43. The van der Waals surface area contributed by atoms with E-state index in [9.17, 15) is 24.0 Å².